The molecule has 0 N–H and O–H groups in total. The molecule has 0 bridgehead atoms. The van der Waals surface area contributed by atoms with Crippen molar-refractivity contribution in [2.45, 2.75) is 24.3 Å². The van der Waals surface area contributed by atoms with Gasteiger partial charge in [-0.1, -0.05) is 35.9 Å². The number of hydrogen-bond donors (Lipinski definition) is 0. The summed E-state index contributed by atoms with van der Waals surface area (Å²) in [6.07, 6.45) is 3.27. The summed E-state index contributed by atoms with van der Waals surface area (Å²) in [5.74, 6) is 0.147. The second-order valence-electron chi connectivity index (χ2n) is 5.23. The lowest BCUT2D eigenvalue weighted by atomic mass is 10.1. The summed E-state index contributed by atoms with van der Waals surface area (Å²) in [6, 6.07) is 16.0. The molecule has 1 amide bonds. The summed E-state index contributed by atoms with van der Waals surface area (Å²) < 4.78 is 0. The highest BCUT2D eigenvalue weighted by atomic mass is 35.5. The van der Waals surface area contributed by atoms with Gasteiger partial charge in [0.15, 0.2) is 0 Å². The van der Waals surface area contributed by atoms with E-state index in [2.05, 4.69) is 30.5 Å². The van der Waals surface area contributed by atoms with Gasteiger partial charge in [-0.25, -0.2) is 0 Å². The van der Waals surface area contributed by atoms with Gasteiger partial charge in [0.1, 0.15) is 0 Å². The van der Waals surface area contributed by atoms with E-state index in [1.54, 1.807) is 16.7 Å². The van der Waals surface area contributed by atoms with Gasteiger partial charge in [-0.15, -0.1) is 11.8 Å². The van der Waals surface area contributed by atoms with Crippen molar-refractivity contribution in [1.82, 2.24) is 4.90 Å². The number of nitrogens with zero attached hydrogens (tertiary/aromatic N) is 1. The van der Waals surface area contributed by atoms with Crippen molar-refractivity contribution < 1.29 is 4.79 Å². The Kier molecular flexibility index (Phi) is 6.34. The molecular formula is C18H20ClNOS. The predicted octanol–water partition coefficient (Wildman–Crippen LogP) is 4.65. The van der Waals surface area contributed by atoms with Gasteiger partial charge >= 0.3 is 0 Å². The number of amides is 1. The molecule has 0 aliphatic rings. The van der Waals surface area contributed by atoms with Crippen molar-refractivity contribution in [3.63, 3.8) is 0 Å². The second-order valence-corrected chi connectivity index (χ2v) is 6.54. The first-order valence-corrected chi connectivity index (χ1v) is 8.80. The number of aryl methyl sites for hydroxylation is 1. The summed E-state index contributed by atoms with van der Waals surface area (Å²) in [6.45, 7) is 0.642. The number of thioether (sulfide) groups is 1. The van der Waals surface area contributed by atoms with E-state index in [4.69, 9.17) is 11.6 Å². The number of carbonyl (C=O) groups is 1. The largest absolute Gasteiger partial charge is 0.341 e. The number of hydrogen-bond acceptors (Lipinski definition) is 2. The first-order chi connectivity index (χ1) is 10.6. The minimum Gasteiger partial charge on any atom is -0.341 e. The van der Waals surface area contributed by atoms with Crippen LogP contribution in [0.5, 0.6) is 0 Å². The summed E-state index contributed by atoms with van der Waals surface area (Å²) >= 11 is 7.68. The summed E-state index contributed by atoms with van der Waals surface area (Å²) in [5.41, 5.74) is 2.25. The quantitative estimate of drug-likeness (QED) is 0.717. The highest BCUT2D eigenvalue weighted by molar-refractivity contribution is 7.98. The molecule has 2 nitrogen and oxygen atoms in total. The molecule has 0 atom stereocenters. The van der Waals surface area contributed by atoms with Crippen molar-refractivity contribution >= 4 is 29.3 Å². The molecular weight excluding hydrogens is 314 g/mol. The number of rotatable bonds is 6. The van der Waals surface area contributed by atoms with Crippen molar-refractivity contribution in [2.75, 3.05) is 13.3 Å². The molecule has 4 heteroatoms. The van der Waals surface area contributed by atoms with E-state index in [-0.39, 0.29) is 5.91 Å². The minimum atomic E-state index is 0.147. The zero-order valence-electron chi connectivity index (χ0n) is 12.9. The van der Waals surface area contributed by atoms with Crippen LogP contribution in [0.4, 0.5) is 0 Å². The van der Waals surface area contributed by atoms with E-state index in [9.17, 15) is 4.79 Å². The van der Waals surface area contributed by atoms with Crippen LogP contribution >= 0.6 is 23.4 Å². The van der Waals surface area contributed by atoms with Crippen LogP contribution in [0.2, 0.25) is 5.02 Å². The van der Waals surface area contributed by atoms with Crippen molar-refractivity contribution in [3.8, 4) is 0 Å². The van der Waals surface area contributed by atoms with Crippen LogP contribution in [0.3, 0.4) is 0 Å². The minimum absolute atomic E-state index is 0.147. The molecule has 2 rings (SSSR count). The third-order valence-electron chi connectivity index (χ3n) is 3.52. The predicted molar refractivity (Wildman–Crippen MR) is 94.5 cm³/mol. The Hall–Kier alpha value is -1.45. The van der Waals surface area contributed by atoms with Gasteiger partial charge in [0, 0.05) is 29.9 Å². The molecule has 0 radical (unpaired) electrons. The average molecular weight is 334 g/mol. The van der Waals surface area contributed by atoms with Gasteiger partial charge < -0.3 is 4.90 Å². The fourth-order valence-corrected chi connectivity index (χ4v) is 2.85. The Balaban J connectivity index is 1.86. The molecule has 0 saturated heterocycles. The SMILES string of the molecule is CSc1ccc(CN(C)C(=O)CCc2cccc(Cl)c2)cc1. The molecule has 116 valence electrons. The summed E-state index contributed by atoms with van der Waals surface area (Å²) in [7, 11) is 1.85. The van der Waals surface area contributed by atoms with Gasteiger partial charge in [0.05, 0.1) is 0 Å². The molecule has 0 spiro atoms. The van der Waals surface area contributed by atoms with E-state index in [0.29, 0.717) is 18.0 Å². The molecule has 0 aromatic heterocycles. The van der Waals surface area contributed by atoms with Crippen molar-refractivity contribution in [2.24, 2.45) is 0 Å². The summed E-state index contributed by atoms with van der Waals surface area (Å²) in [5, 5.41) is 0.715. The lowest BCUT2D eigenvalue weighted by molar-refractivity contribution is -0.130. The Morgan fingerprint density at radius 2 is 1.86 bits per heavy atom. The Morgan fingerprint density at radius 1 is 1.14 bits per heavy atom. The zero-order valence-corrected chi connectivity index (χ0v) is 14.5. The molecule has 0 fully saturated rings. The van der Waals surface area contributed by atoms with Gasteiger partial charge in [-0.3, -0.25) is 4.79 Å². The molecule has 2 aromatic rings. The van der Waals surface area contributed by atoms with Gasteiger partial charge in [-0.05, 0) is 48.1 Å². The topological polar surface area (TPSA) is 20.3 Å². The van der Waals surface area contributed by atoms with Crippen LogP contribution < -0.4 is 0 Å². The van der Waals surface area contributed by atoms with Crippen LogP contribution in [0.1, 0.15) is 17.5 Å². The maximum absolute atomic E-state index is 12.2. The Morgan fingerprint density at radius 3 is 2.50 bits per heavy atom. The van der Waals surface area contributed by atoms with Crippen LogP contribution in [0.25, 0.3) is 0 Å². The van der Waals surface area contributed by atoms with Crippen LogP contribution in [0.15, 0.2) is 53.4 Å². The summed E-state index contributed by atoms with van der Waals surface area (Å²) in [4.78, 5) is 15.2. The van der Waals surface area contributed by atoms with E-state index in [1.807, 2.05) is 31.3 Å². The first-order valence-electron chi connectivity index (χ1n) is 7.20. The molecule has 0 unspecified atom stereocenters. The molecule has 22 heavy (non-hydrogen) atoms. The lowest BCUT2D eigenvalue weighted by Gasteiger charge is -2.17. The van der Waals surface area contributed by atoms with Crippen molar-refractivity contribution in [3.05, 3.63) is 64.7 Å². The standard InChI is InChI=1S/C18H20ClNOS/c1-20(13-15-6-9-17(22-2)10-7-15)18(21)11-8-14-4-3-5-16(19)12-14/h3-7,9-10,12H,8,11,13H2,1-2H3. The zero-order chi connectivity index (χ0) is 15.9. The number of halogens is 1. The fraction of sp³-hybridized carbons (Fsp3) is 0.278. The van der Waals surface area contributed by atoms with Gasteiger partial charge in [0.2, 0.25) is 5.91 Å². The molecule has 0 aliphatic carbocycles. The maximum Gasteiger partial charge on any atom is 0.222 e. The molecule has 2 aromatic carbocycles. The van der Waals surface area contributed by atoms with Crippen LogP contribution in [0, 0.1) is 0 Å². The van der Waals surface area contributed by atoms with E-state index in [0.717, 1.165) is 17.5 Å². The highest BCUT2D eigenvalue weighted by Gasteiger charge is 2.09. The third-order valence-corrected chi connectivity index (χ3v) is 4.50. The van der Waals surface area contributed by atoms with E-state index in [1.165, 1.54) is 4.90 Å². The maximum atomic E-state index is 12.2. The molecule has 0 saturated carbocycles. The lowest BCUT2D eigenvalue weighted by Crippen LogP contribution is -2.26. The third kappa shape index (κ3) is 5.08. The monoisotopic (exact) mass is 333 g/mol. The Bertz CT molecular complexity index is 627. The number of benzene rings is 2. The highest BCUT2D eigenvalue weighted by Crippen LogP contribution is 2.16. The van der Waals surface area contributed by atoms with E-state index >= 15 is 0 Å². The fourth-order valence-electron chi connectivity index (χ4n) is 2.23. The average Bonchev–Trinajstić information content (AvgIpc) is 2.53. The van der Waals surface area contributed by atoms with Crippen LogP contribution in [-0.4, -0.2) is 24.1 Å². The number of carbonyl (C=O) groups excluding carboxylic acids is 1. The van der Waals surface area contributed by atoms with Crippen LogP contribution in [-0.2, 0) is 17.8 Å². The second kappa shape index (κ2) is 8.25. The van der Waals surface area contributed by atoms with Crippen molar-refractivity contribution in [1.29, 1.82) is 0 Å². The molecule has 0 aliphatic heterocycles. The smallest absolute Gasteiger partial charge is 0.222 e. The Labute approximate surface area is 141 Å². The van der Waals surface area contributed by atoms with Gasteiger partial charge in [0.25, 0.3) is 0 Å². The molecule has 0 heterocycles. The first kappa shape index (κ1) is 16.9. The van der Waals surface area contributed by atoms with Gasteiger partial charge in [-0.2, -0.15) is 0 Å². The van der Waals surface area contributed by atoms with E-state index < -0.39 is 0 Å². The normalized spacial score (nSPS) is 10.5.